The summed E-state index contributed by atoms with van der Waals surface area (Å²) in [4.78, 5) is 14.1. The van der Waals surface area contributed by atoms with Gasteiger partial charge in [0.25, 0.3) is 0 Å². The summed E-state index contributed by atoms with van der Waals surface area (Å²) in [6, 6.07) is 0. The molecular formula is C19H34IN5S. The van der Waals surface area contributed by atoms with Crippen LogP contribution in [0.25, 0.3) is 0 Å². The van der Waals surface area contributed by atoms with Gasteiger partial charge in [0.2, 0.25) is 0 Å². The van der Waals surface area contributed by atoms with Crippen molar-refractivity contribution in [2.75, 3.05) is 39.8 Å². The lowest BCUT2D eigenvalue weighted by Crippen LogP contribution is -2.47. The predicted molar refractivity (Wildman–Crippen MR) is 122 cm³/mol. The number of aliphatic imine (C=N–C) groups is 1. The van der Waals surface area contributed by atoms with Crippen LogP contribution in [0.15, 0.2) is 10.4 Å². The molecule has 2 saturated heterocycles. The maximum absolute atomic E-state index is 4.59. The molecular weight excluding hydrogens is 457 g/mol. The Morgan fingerprint density at radius 1 is 1.23 bits per heavy atom. The highest BCUT2D eigenvalue weighted by Crippen LogP contribution is 2.20. The van der Waals surface area contributed by atoms with Crippen LogP contribution in [0.2, 0.25) is 0 Å². The second-order valence-corrected chi connectivity index (χ2v) is 8.74. The number of rotatable bonds is 4. The molecule has 0 atom stereocenters. The van der Waals surface area contributed by atoms with E-state index in [9.17, 15) is 0 Å². The van der Waals surface area contributed by atoms with Gasteiger partial charge in [-0.1, -0.05) is 6.92 Å². The summed E-state index contributed by atoms with van der Waals surface area (Å²) in [6.45, 7) is 11.2. The van der Waals surface area contributed by atoms with E-state index in [4.69, 9.17) is 0 Å². The SMILES string of the molecule is CN=C(NCC1CCN(Cc2csc(C)n2)CC1)N1CCC(C)CC1.I. The number of piperidine rings is 2. The third-order valence-electron chi connectivity index (χ3n) is 5.60. The minimum absolute atomic E-state index is 0. The molecule has 2 aliphatic rings. The number of thiazole rings is 1. The Hall–Kier alpha value is -0.410. The topological polar surface area (TPSA) is 43.8 Å². The molecule has 0 radical (unpaired) electrons. The van der Waals surface area contributed by atoms with Crippen molar-refractivity contribution >= 4 is 41.3 Å². The smallest absolute Gasteiger partial charge is 0.193 e. The lowest BCUT2D eigenvalue weighted by Gasteiger charge is -2.35. The van der Waals surface area contributed by atoms with E-state index in [1.54, 1.807) is 11.3 Å². The van der Waals surface area contributed by atoms with Crippen LogP contribution in [0, 0.1) is 18.8 Å². The molecule has 3 rings (SSSR count). The van der Waals surface area contributed by atoms with Gasteiger partial charge in [-0.2, -0.15) is 0 Å². The zero-order valence-electron chi connectivity index (χ0n) is 16.4. The standard InChI is InChI=1S/C19H33N5S.HI/c1-15-4-10-24(11-5-15)19(20-3)21-12-17-6-8-23(9-7-17)13-18-14-25-16(2)22-18;/h14-15,17H,4-13H2,1-3H3,(H,20,21);1H. The number of hydrogen-bond donors (Lipinski definition) is 1. The van der Waals surface area contributed by atoms with E-state index in [0.29, 0.717) is 0 Å². The summed E-state index contributed by atoms with van der Waals surface area (Å²) in [6.07, 6.45) is 5.11. The highest BCUT2D eigenvalue weighted by molar-refractivity contribution is 14.0. The number of guanidine groups is 1. The van der Waals surface area contributed by atoms with Gasteiger partial charge in [0.05, 0.1) is 10.7 Å². The van der Waals surface area contributed by atoms with Crippen LogP contribution in [0.1, 0.15) is 43.3 Å². The fourth-order valence-electron chi connectivity index (χ4n) is 3.85. The summed E-state index contributed by atoms with van der Waals surface area (Å²) in [5.41, 5.74) is 1.24. The molecule has 2 fully saturated rings. The van der Waals surface area contributed by atoms with Crippen LogP contribution in [-0.2, 0) is 6.54 Å². The van der Waals surface area contributed by atoms with Gasteiger partial charge in [-0.25, -0.2) is 4.98 Å². The highest BCUT2D eigenvalue weighted by atomic mass is 127. The maximum Gasteiger partial charge on any atom is 0.193 e. The predicted octanol–water partition coefficient (Wildman–Crippen LogP) is 3.59. The van der Waals surface area contributed by atoms with E-state index in [0.717, 1.165) is 44.0 Å². The van der Waals surface area contributed by atoms with Gasteiger partial charge >= 0.3 is 0 Å². The first kappa shape index (κ1) is 21.9. The van der Waals surface area contributed by atoms with Crippen molar-refractivity contribution in [2.24, 2.45) is 16.8 Å². The zero-order chi connectivity index (χ0) is 17.6. The molecule has 5 nitrogen and oxygen atoms in total. The van der Waals surface area contributed by atoms with Crippen molar-refractivity contribution in [3.63, 3.8) is 0 Å². The molecule has 0 unspecified atom stereocenters. The van der Waals surface area contributed by atoms with Gasteiger partial charge in [0.1, 0.15) is 0 Å². The molecule has 1 aromatic heterocycles. The van der Waals surface area contributed by atoms with Crippen LogP contribution >= 0.6 is 35.3 Å². The number of nitrogens with one attached hydrogen (secondary N) is 1. The Labute approximate surface area is 179 Å². The molecule has 0 aliphatic carbocycles. The summed E-state index contributed by atoms with van der Waals surface area (Å²) in [5.74, 6) is 2.72. The Bertz CT molecular complexity index is 560. The molecule has 148 valence electrons. The average molecular weight is 491 g/mol. The molecule has 0 aromatic carbocycles. The molecule has 0 spiro atoms. The summed E-state index contributed by atoms with van der Waals surface area (Å²) in [5, 5.41) is 7.01. The Morgan fingerprint density at radius 2 is 1.92 bits per heavy atom. The minimum Gasteiger partial charge on any atom is -0.356 e. The third-order valence-corrected chi connectivity index (χ3v) is 6.43. The first-order valence-electron chi connectivity index (χ1n) is 9.73. The normalized spacial score (nSPS) is 20.9. The van der Waals surface area contributed by atoms with E-state index in [1.807, 2.05) is 7.05 Å². The van der Waals surface area contributed by atoms with Gasteiger partial charge in [-0.3, -0.25) is 9.89 Å². The van der Waals surface area contributed by atoms with E-state index < -0.39 is 0 Å². The van der Waals surface area contributed by atoms with Crippen LogP contribution in [0.4, 0.5) is 0 Å². The molecule has 1 N–H and O–H groups in total. The number of halogens is 1. The monoisotopic (exact) mass is 491 g/mol. The summed E-state index contributed by atoms with van der Waals surface area (Å²) < 4.78 is 0. The first-order chi connectivity index (χ1) is 12.1. The van der Waals surface area contributed by atoms with E-state index in [-0.39, 0.29) is 24.0 Å². The number of hydrogen-bond acceptors (Lipinski definition) is 4. The van der Waals surface area contributed by atoms with Gasteiger partial charge < -0.3 is 10.2 Å². The molecule has 2 aliphatic heterocycles. The Morgan fingerprint density at radius 3 is 2.50 bits per heavy atom. The largest absolute Gasteiger partial charge is 0.356 e. The van der Waals surface area contributed by atoms with Crippen molar-refractivity contribution in [2.45, 2.75) is 46.1 Å². The zero-order valence-corrected chi connectivity index (χ0v) is 19.6. The fourth-order valence-corrected chi connectivity index (χ4v) is 4.45. The average Bonchev–Trinajstić information content (AvgIpc) is 3.03. The van der Waals surface area contributed by atoms with Crippen molar-refractivity contribution < 1.29 is 0 Å². The van der Waals surface area contributed by atoms with Crippen molar-refractivity contribution in [1.82, 2.24) is 20.1 Å². The van der Waals surface area contributed by atoms with Crippen LogP contribution in [-0.4, -0.2) is 60.5 Å². The van der Waals surface area contributed by atoms with E-state index in [1.165, 1.54) is 49.5 Å². The van der Waals surface area contributed by atoms with Crippen molar-refractivity contribution in [3.8, 4) is 0 Å². The minimum atomic E-state index is 0. The lowest BCUT2D eigenvalue weighted by molar-refractivity contribution is 0.175. The molecule has 0 saturated carbocycles. The van der Waals surface area contributed by atoms with Gasteiger partial charge in [0, 0.05) is 38.6 Å². The second kappa shape index (κ2) is 10.8. The number of likely N-dealkylation sites (tertiary alicyclic amines) is 2. The fraction of sp³-hybridized carbons (Fsp3) is 0.789. The quantitative estimate of drug-likeness (QED) is 0.397. The van der Waals surface area contributed by atoms with Crippen LogP contribution < -0.4 is 5.32 Å². The highest BCUT2D eigenvalue weighted by Gasteiger charge is 2.22. The van der Waals surface area contributed by atoms with Gasteiger partial charge in [-0.15, -0.1) is 35.3 Å². The Balaban J connectivity index is 0.00000243. The molecule has 1 aromatic rings. The molecule has 0 amide bonds. The lowest BCUT2D eigenvalue weighted by atomic mass is 9.96. The van der Waals surface area contributed by atoms with Gasteiger partial charge in [0.15, 0.2) is 5.96 Å². The van der Waals surface area contributed by atoms with Crippen LogP contribution in [0.3, 0.4) is 0 Å². The van der Waals surface area contributed by atoms with Crippen LogP contribution in [0.5, 0.6) is 0 Å². The second-order valence-electron chi connectivity index (χ2n) is 7.68. The Kier molecular flexibility index (Phi) is 9.09. The number of aromatic nitrogens is 1. The number of nitrogens with zero attached hydrogens (tertiary/aromatic N) is 4. The number of aryl methyl sites for hydroxylation is 1. The molecule has 0 bridgehead atoms. The first-order valence-corrected chi connectivity index (χ1v) is 10.6. The van der Waals surface area contributed by atoms with E-state index >= 15 is 0 Å². The third kappa shape index (κ3) is 6.34. The van der Waals surface area contributed by atoms with E-state index in [2.05, 4.69) is 44.3 Å². The van der Waals surface area contributed by atoms with Gasteiger partial charge in [-0.05, 0) is 57.5 Å². The summed E-state index contributed by atoms with van der Waals surface area (Å²) in [7, 11) is 1.92. The molecule has 7 heteroatoms. The molecule has 3 heterocycles. The van der Waals surface area contributed by atoms with Crippen molar-refractivity contribution in [1.29, 1.82) is 0 Å². The summed E-state index contributed by atoms with van der Waals surface area (Å²) >= 11 is 1.76. The van der Waals surface area contributed by atoms with Crippen molar-refractivity contribution in [3.05, 3.63) is 16.1 Å². The maximum atomic E-state index is 4.59. The molecule has 26 heavy (non-hydrogen) atoms.